The van der Waals surface area contributed by atoms with Crippen molar-refractivity contribution in [2.45, 2.75) is 13.0 Å². The molecule has 1 fully saturated rings. The van der Waals surface area contributed by atoms with Crippen LogP contribution in [0.3, 0.4) is 0 Å². The fourth-order valence-corrected chi connectivity index (χ4v) is 3.30. The van der Waals surface area contributed by atoms with Crippen LogP contribution in [0, 0.1) is 0 Å². The number of rotatable bonds is 3. The van der Waals surface area contributed by atoms with Gasteiger partial charge in [0, 0.05) is 57.1 Å². The van der Waals surface area contributed by atoms with Crippen LogP contribution >= 0.6 is 0 Å². The summed E-state index contributed by atoms with van der Waals surface area (Å²) in [6.45, 7) is 4.24. The minimum absolute atomic E-state index is 0.0631. The topological polar surface area (TPSA) is 82.9 Å². The van der Waals surface area contributed by atoms with Gasteiger partial charge in [0.15, 0.2) is 0 Å². The van der Waals surface area contributed by atoms with Gasteiger partial charge in [0.2, 0.25) is 0 Å². The van der Waals surface area contributed by atoms with Crippen LogP contribution < -0.4 is 0 Å². The molecular weight excluding hydrogens is 318 g/mol. The van der Waals surface area contributed by atoms with E-state index in [0.717, 1.165) is 50.2 Å². The van der Waals surface area contributed by atoms with Gasteiger partial charge in [0.25, 0.3) is 5.91 Å². The average Bonchev–Trinajstić information content (AvgIpc) is 3.17. The van der Waals surface area contributed by atoms with Crippen LogP contribution in [0.5, 0.6) is 0 Å². The minimum Gasteiger partial charge on any atom is -0.337 e. The number of nitrogens with one attached hydrogen (secondary N) is 1. The van der Waals surface area contributed by atoms with Gasteiger partial charge in [-0.05, 0) is 24.6 Å². The highest BCUT2D eigenvalue weighted by Crippen LogP contribution is 2.15. The molecule has 0 spiro atoms. The van der Waals surface area contributed by atoms with Crippen molar-refractivity contribution < 1.29 is 4.79 Å². The summed E-state index contributed by atoms with van der Waals surface area (Å²) < 4.78 is 1.82. The van der Waals surface area contributed by atoms with Gasteiger partial charge in [-0.3, -0.25) is 14.4 Å². The van der Waals surface area contributed by atoms with Crippen LogP contribution in [0.2, 0.25) is 0 Å². The van der Waals surface area contributed by atoms with E-state index >= 15 is 0 Å². The third kappa shape index (κ3) is 3.39. The zero-order chi connectivity index (χ0) is 17.2. The van der Waals surface area contributed by atoms with Gasteiger partial charge in [-0.15, -0.1) is 0 Å². The van der Waals surface area contributed by atoms with E-state index in [0.29, 0.717) is 5.56 Å². The summed E-state index contributed by atoms with van der Waals surface area (Å²) in [7, 11) is 1.93. The fraction of sp³-hybridized carbons (Fsp3) is 0.412. The molecule has 3 aromatic rings. The van der Waals surface area contributed by atoms with E-state index in [-0.39, 0.29) is 5.91 Å². The predicted octanol–water partition coefficient (Wildman–Crippen LogP) is 1.04. The van der Waals surface area contributed by atoms with Gasteiger partial charge >= 0.3 is 0 Å². The van der Waals surface area contributed by atoms with Crippen molar-refractivity contribution in [1.29, 1.82) is 0 Å². The Hall–Kier alpha value is -2.74. The Labute approximate surface area is 145 Å². The number of nitrogens with zero attached hydrogens (tertiary/aromatic N) is 6. The smallest absolute Gasteiger partial charge is 0.253 e. The molecule has 25 heavy (non-hydrogen) atoms. The number of aromatic nitrogens is 5. The lowest BCUT2D eigenvalue weighted by molar-refractivity contribution is 0.0761. The van der Waals surface area contributed by atoms with Gasteiger partial charge in [-0.25, -0.2) is 0 Å². The summed E-state index contributed by atoms with van der Waals surface area (Å²) in [6, 6.07) is 5.46. The van der Waals surface area contributed by atoms with E-state index in [4.69, 9.17) is 0 Å². The highest BCUT2D eigenvalue weighted by Gasteiger charge is 2.21. The number of aryl methyl sites for hydroxylation is 1. The molecule has 1 aromatic carbocycles. The van der Waals surface area contributed by atoms with Gasteiger partial charge in [-0.1, -0.05) is 0 Å². The molecule has 8 nitrogen and oxygen atoms in total. The Morgan fingerprint density at radius 1 is 1.16 bits per heavy atom. The quantitative estimate of drug-likeness (QED) is 0.771. The van der Waals surface area contributed by atoms with Gasteiger partial charge in [0.1, 0.15) is 11.0 Å². The summed E-state index contributed by atoms with van der Waals surface area (Å²) >= 11 is 0. The first-order valence-electron chi connectivity index (χ1n) is 8.49. The Morgan fingerprint density at radius 2 is 2.04 bits per heavy atom. The molecule has 0 atom stereocenters. The van der Waals surface area contributed by atoms with Crippen molar-refractivity contribution in [1.82, 2.24) is 35.0 Å². The molecule has 130 valence electrons. The largest absolute Gasteiger partial charge is 0.337 e. The Kier molecular flexibility index (Phi) is 4.19. The fourth-order valence-electron chi connectivity index (χ4n) is 3.30. The molecule has 1 N–H and O–H groups in total. The second-order valence-electron chi connectivity index (χ2n) is 6.47. The molecule has 0 bridgehead atoms. The first kappa shape index (κ1) is 15.8. The molecule has 8 heteroatoms. The third-order valence-electron chi connectivity index (χ3n) is 4.60. The van der Waals surface area contributed by atoms with E-state index in [1.165, 1.54) is 5.56 Å². The summed E-state index contributed by atoms with van der Waals surface area (Å²) in [5, 5.41) is 14.9. The lowest BCUT2D eigenvalue weighted by Crippen LogP contribution is -2.35. The maximum Gasteiger partial charge on any atom is 0.253 e. The Balaban J connectivity index is 1.42. The van der Waals surface area contributed by atoms with E-state index in [2.05, 4.69) is 25.4 Å². The number of hydrogen-bond donors (Lipinski definition) is 1. The zero-order valence-electron chi connectivity index (χ0n) is 14.2. The van der Waals surface area contributed by atoms with Crippen molar-refractivity contribution >= 4 is 16.9 Å². The number of amides is 1. The number of H-pyrrole nitrogens is 1. The number of carbonyl (C=O) groups is 1. The molecule has 0 saturated carbocycles. The second kappa shape index (κ2) is 6.64. The number of fused-ring (bicyclic) bond motifs is 1. The lowest BCUT2D eigenvalue weighted by Gasteiger charge is -2.21. The Bertz CT molecular complexity index is 884. The standard InChI is InChI=1S/C17H21N7O/c1-22-11-13(10-18-22)12-23-5-2-6-24(8-7-23)17(25)14-3-4-15-16(9-14)20-21-19-15/h3-4,9-11H,2,5-8,12H2,1H3,(H,19,20,21). The molecule has 3 heterocycles. The number of aromatic amines is 1. The van der Waals surface area contributed by atoms with Crippen LogP contribution in [0.25, 0.3) is 11.0 Å². The minimum atomic E-state index is 0.0631. The lowest BCUT2D eigenvalue weighted by atomic mass is 10.1. The van der Waals surface area contributed by atoms with Crippen LogP contribution in [0.15, 0.2) is 30.6 Å². The molecule has 0 radical (unpaired) electrons. The maximum atomic E-state index is 12.8. The van der Waals surface area contributed by atoms with Crippen LogP contribution in [0.1, 0.15) is 22.3 Å². The van der Waals surface area contributed by atoms with Crippen molar-refractivity contribution in [2.24, 2.45) is 7.05 Å². The number of hydrogen-bond acceptors (Lipinski definition) is 5. The molecule has 1 aliphatic rings. The van der Waals surface area contributed by atoms with Crippen molar-refractivity contribution in [3.63, 3.8) is 0 Å². The first-order valence-corrected chi connectivity index (χ1v) is 8.49. The molecule has 1 aliphatic heterocycles. The van der Waals surface area contributed by atoms with E-state index < -0.39 is 0 Å². The van der Waals surface area contributed by atoms with Crippen molar-refractivity contribution in [3.05, 3.63) is 41.7 Å². The summed E-state index contributed by atoms with van der Waals surface area (Å²) in [6.07, 6.45) is 4.92. The zero-order valence-corrected chi connectivity index (χ0v) is 14.2. The van der Waals surface area contributed by atoms with Crippen molar-refractivity contribution in [2.75, 3.05) is 26.2 Å². The Morgan fingerprint density at radius 3 is 2.88 bits per heavy atom. The molecule has 0 aliphatic carbocycles. The number of carbonyl (C=O) groups excluding carboxylic acids is 1. The predicted molar refractivity (Wildman–Crippen MR) is 92.9 cm³/mol. The van der Waals surface area contributed by atoms with Crippen molar-refractivity contribution in [3.8, 4) is 0 Å². The second-order valence-corrected chi connectivity index (χ2v) is 6.47. The maximum absolute atomic E-state index is 12.8. The van der Waals surface area contributed by atoms with Crippen LogP contribution in [-0.4, -0.2) is 67.1 Å². The molecule has 1 amide bonds. The normalized spacial score (nSPS) is 16.3. The molecule has 4 rings (SSSR count). The van der Waals surface area contributed by atoms with Crippen LogP contribution in [-0.2, 0) is 13.6 Å². The number of benzene rings is 1. The van der Waals surface area contributed by atoms with E-state index in [1.54, 1.807) is 6.07 Å². The van der Waals surface area contributed by atoms with Gasteiger partial charge < -0.3 is 4.90 Å². The monoisotopic (exact) mass is 339 g/mol. The molecular formula is C17H21N7O. The van der Waals surface area contributed by atoms with Gasteiger partial charge in [-0.2, -0.15) is 20.5 Å². The molecule has 1 saturated heterocycles. The highest BCUT2D eigenvalue weighted by atomic mass is 16.2. The average molecular weight is 339 g/mol. The summed E-state index contributed by atoms with van der Waals surface area (Å²) in [5.74, 6) is 0.0631. The first-order chi connectivity index (χ1) is 12.2. The SMILES string of the molecule is Cn1cc(CN2CCCN(C(=O)c3ccc4n[nH]nc4c3)CC2)cn1. The van der Waals surface area contributed by atoms with E-state index in [9.17, 15) is 4.79 Å². The summed E-state index contributed by atoms with van der Waals surface area (Å²) in [4.78, 5) is 17.1. The summed E-state index contributed by atoms with van der Waals surface area (Å²) in [5.41, 5.74) is 3.37. The molecule has 2 aromatic heterocycles. The van der Waals surface area contributed by atoms with Gasteiger partial charge in [0.05, 0.1) is 6.20 Å². The third-order valence-corrected chi connectivity index (χ3v) is 4.60. The van der Waals surface area contributed by atoms with E-state index in [1.807, 2.05) is 41.2 Å². The van der Waals surface area contributed by atoms with Crippen LogP contribution in [0.4, 0.5) is 0 Å². The highest BCUT2D eigenvalue weighted by molar-refractivity contribution is 5.97. The molecule has 0 unspecified atom stereocenters.